The summed E-state index contributed by atoms with van der Waals surface area (Å²) in [7, 11) is 0. The molecule has 1 aliphatic heterocycles. The lowest BCUT2D eigenvalue weighted by molar-refractivity contribution is -0.134. The number of piperazine rings is 1. The van der Waals surface area contributed by atoms with Crippen LogP contribution in [0, 0.1) is 18.7 Å². The minimum absolute atomic E-state index is 0.0376. The van der Waals surface area contributed by atoms with Gasteiger partial charge >= 0.3 is 0 Å². The Morgan fingerprint density at radius 3 is 2.23 bits per heavy atom. The van der Waals surface area contributed by atoms with E-state index in [0.717, 1.165) is 11.3 Å². The van der Waals surface area contributed by atoms with Crippen molar-refractivity contribution in [1.82, 2.24) is 10.2 Å². The SMILES string of the molecule is Cc1ccccc1C(=O)N[C@@H](CC(C)C)C(=O)N1CCN(c2ccc(F)cc2)CC1. The average molecular weight is 412 g/mol. The molecular formula is C24H30FN3O2. The van der Waals surface area contributed by atoms with Gasteiger partial charge in [-0.15, -0.1) is 0 Å². The Morgan fingerprint density at radius 2 is 1.63 bits per heavy atom. The zero-order valence-electron chi connectivity index (χ0n) is 17.9. The van der Waals surface area contributed by atoms with Crippen molar-refractivity contribution in [1.29, 1.82) is 0 Å². The van der Waals surface area contributed by atoms with Crippen LogP contribution < -0.4 is 10.2 Å². The first-order chi connectivity index (χ1) is 14.3. The monoisotopic (exact) mass is 411 g/mol. The van der Waals surface area contributed by atoms with Crippen molar-refractivity contribution in [3.63, 3.8) is 0 Å². The lowest BCUT2D eigenvalue weighted by Crippen LogP contribution is -2.55. The minimum Gasteiger partial charge on any atom is -0.368 e. The van der Waals surface area contributed by atoms with Gasteiger partial charge in [0.15, 0.2) is 0 Å². The molecule has 2 amide bonds. The highest BCUT2D eigenvalue weighted by Crippen LogP contribution is 2.18. The Kier molecular flexibility index (Phi) is 7.08. The Hall–Kier alpha value is -2.89. The molecule has 0 bridgehead atoms. The van der Waals surface area contributed by atoms with E-state index in [1.165, 1.54) is 12.1 Å². The summed E-state index contributed by atoms with van der Waals surface area (Å²) in [6.45, 7) is 8.49. The highest BCUT2D eigenvalue weighted by atomic mass is 19.1. The second-order valence-electron chi connectivity index (χ2n) is 8.26. The quantitative estimate of drug-likeness (QED) is 0.790. The molecular weight excluding hydrogens is 381 g/mol. The molecule has 1 N–H and O–H groups in total. The number of rotatable bonds is 6. The lowest BCUT2D eigenvalue weighted by atomic mass is 10.0. The van der Waals surface area contributed by atoms with Crippen LogP contribution in [0.25, 0.3) is 0 Å². The smallest absolute Gasteiger partial charge is 0.252 e. The maximum Gasteiger partial charge on any atom is 0.252 e. The number of carbonyl (C=O) groups excluding carboxylic acids is 2. The highest BCUT2D eigenvalue weighted by molar-refractivity contribution is 5.98. The van der Waals surface area contributed by atoms with E-state index in [4.69, 9.17) is 0 Å². The summed E-state index contributed by atoms with van der Waals surface area (Å²) in [5, 5.41) is 2.97. The van der Waals surface area contributed by atoms with E-state index >= 15 is 0 Å². The van der Waals surface area contributed by atoms with Gasteiger partial charge < -0.3 is 15.1 Å². The van der Waals surface area contributed by atoms with Crippen molar-refractivity contribution < 1.29 is 14.0 Å². The van der Waals surface area contributed by atoms with E-state index in [2.05, 4.69) is 10.2 Å². The molecule has 1 fully saturated rings. The summed E-state index contributed by atoms with van der Waals surface area (Å²) in [5.74, 6) is -0.230. The minimum atomic E-state index is -0.547. The van der Waals surface area contributed by atoms with Gasteiger partial charge in [-0.3, -0.25) is 9.59 Å². The van der Waals surface area contributed by atoms with Gasteiger partial charge in [-0.1, -0.05) is 32.0 Å². The molecule has 2 aromatic rings. The second kappa shape index (κ2) is 9.74. The molecule has 1 saturated heterocycles. The molecule has 2 aromatic carbocycles. The Balaban J connectivity index is 1.64. The molecule has 3 rings (SSSR count). The topological polar surface area (TPSA) is 52.7 Å². The van der Waals surface area contributed by atoms with Gasteiger partial charge in [0, 0.05) is 37.4 Å². The number of benzene rings is 2. The van der Waals surface area contributed by atoms with Gasteiger partial charge in [0.2, 0.25) is 5.91 Å². The zero-order valence-corrected chi connectivity index (χ0v) is 17.9. The molecule has 0 saturated carbocycles. The zero-order chi connectivity index (χ0) is 21.7. The van der Waals surface area contributed by atoms with Crippen molar-refractivity contribution in [3.8, 4) is 0 Å². The Bertz CT molecular complexity index is 874. The number of amides is 2. The van der Waals surface area contributed by atoms with Crippen molar-refractivity contribution in [2.24, 2.45) is 5.92 Å². The molecule has 6 heteroatoms. The van der Waals surface area contributed by atoms with Crippen molar-refractivity contribution in [3.05, 3.63) is 65.5 Å². The van der Waals surface area contributed by atoms with Crippen LogP contribution >= 0.6 is 0 Å². The Labute approximate surface area is 177 Å². The van der Waals surface area contributed by atoms with Crippen LogP contribution in [0.1, 0.15) is 36.2 Å². The molecule has 0 aromatic heterocycles. The predicted octanol–water partition coefficient (Wildman–Crippen LogP) is 3.63. The molecule has 0 unspecified atom stereocenters. The van der Waals surface area contributed by atoms with Crippen LogP contribution in [0.3, 0.4) is 0 Å². The molecule has 0 spiro atoms. The van der Waals surface area contributed by atoms with Gasteiger partial charge in [0.05, 0.1) is 0 Å². The third-order valence-corrected chi connectivity index (χ3v) is 5.48. The maximum absolute atomic E-state index is 13.2. The molecule has 1 aliphatic rings. The lowest BCUT2D eigenvalue weighted by Gasteiger charge is -2.38. The number of hydrogen-bond donors (Lipinski definition) is 1. The van der Waals surface area contributed by atoms with Crippen LogP contribution in [-0.4, -0.2) is 48.9 Å². The number of halogens is 1. The van der Waals surface area contributed by atoms with Gasteiger partial charge in [-0.25, -0.2) is 4.39 Å². The molecule has 1 heterocycles. The van der Waals surface area contributed by atoms with E-state index in [0.29, 0.717) is 38.2 Å². The fourth-order valence-corrected chi connectivity index (χ4v) is 3.81. The molecule has 5 nitrogen and oxygen atoms in total. The summed E-state index contributed by atoms with van der Waals surface area (Å²) in [6.07, 6.45) is 0.592. The van der Waals surface area contributed by atoms with Crippen LogP contribution in [-0.2, 0) is 4.79 Å². The van der Waals surface area contributed by atoms with Gasteiger partial charge in [0.25, 0.3) is 5.91 Å². The van der Waals surface area contributed by atoms with E-state index in [9.17, 15) is 14.0 Å². The van der Waals surface area contributed by atoms with Crippen LogP contribution in [0.5, 0.6) is 0 Å². The highest BCUT2D eigenvalue weighted by Gasteiger charge is 2.29. The van der Waals surface area contributed by atoms with Crippen LogP contribution in [0.4, 0.5) is 10.1 Å². The van der Waals surface area contributed by atoms with Crippen molar-refractivity contribution in [2.45, 2.75) is 33.2 Å². The average Bonchev–Trinajstić information content (AvgIpc) is 2.73. The number of nitrogens with one attached hydrogen (secondary N) is 1. The summed E-state index contributed by atoms with van der Waals surface area (Å²) in [6, 6.07) is 13.3. The van der Waals surface area contributed by atoms with E-state index in [-0.39, 0.29) is 23.5 Å². The van der Waals surface area contributed by atoms with Crippen molar-refractivity contribution >= 4 is 17.5 Å². The van der Waals surface area contributed by atoms with Crippen molar-refractivity contribution in [2.75, 3.05) is 31.1 Å². The summed E-state index contributed by atoms with van der Waals surface area (Å²) < 4.78 is 13.2. The molecule has 30 heavy (non-hydrogen) atoms. The molecule has 160 valence electrons. The summed E-state index contributed by atoms with van der Waals surface area (Å²) >= 11 is 0. The third kappa shape index (κ3) is 5.38. The summed E-state index contributed by atoms with van der Waals surface area (Å²) in [5.41, 5.74) is 2.44. The molecule has 0 radical (unpaired) electrons. The summed E-state index contributed by atoms with van der Waals surface area (Å²) in [4.78, 5) is 30.0. The number of aryl methyl sites for hydroxylation is 1. The first kappa shape index (κ1) is 21.8. The van der Waals surface area contributed by atoms with E-state index in [1.54, 1.807) is 18.2 Å². The number of anilines is 1. The number of hydrogen-bond acceptors (Lipinski definition) is 3. The van der Waals surface area contributed by atoms with E-state index < -0.39 is 6.04 Å². The maximum atomic E-state index is 13.2. The van der Waals surface area contributed by atoms with E-state index in [1.807, 2.05) is 43.9 Å². The number of carbonyl (C=O) groups is 2. The van der Waals surface area contributed by atoms with Gasteiger partial charge in [-0.05, 0) is 55.2 Å². The normalized spacial score (nSPS) is 15.2. The third-order valence-electron chi connectivity index (χ3n) is 5.48. The standard InChI is InChI=1S/C24H30FN3O2/c1-17(2)16-22(26-23(29)21-7-5-4-6-18(21)3)24(30)28-14-12-27(13-15-28)20-10-8-19(25)9-11-20/h4-11,17,22H,12-16H2,1-3H3,(H,26,29)/t22-/m0/s1. The van der Waals surface area contributed by atoms with Gasteiger partial charge in [-0.2, -0.15) is 0 Å². The number of nitrogens with zero attached hydrogens (tertiary/aromatic N) is 2. The second-order valence-corrected chi connectivity index (χ2v) is 8.26. The largest absolute Gasteiger partial charge is 0.368 e. The molecule has 0 aliphatic carbocycles. The fourth-order valence-electron chi connectivity index (χ4n) is 3.81. The molecule has 1 atom stereocenters. The van der Waals surface area contributed by atoms with Crippen LogP contribution in [0.2, 0.25) is 0 Å². The Morgan fingerprint density at radius 1 is 1.00 bits per heavy atom. The van der Waals surface area contributed by atoms with Crippen LogP contribution in [0.15, 0.2) is 48.5 Å². The van der Waals surface area contributed by atoms with Gasteiger partial charge in [0.1, 0.15) is 11.9 Å². The fraction of sp³-hybridized carbons (Fsp3) is 0.417. The predicted molar refractivity (Wildman–Crippen MR) is 117 cm³/mol. The first-order valence-corrected chi connectivity index (χ1v) is 10.5. The first-order valence-electron chi connectivity index (χ1n) is 10.5.